The molecule has 3 heterocycles. The van der Waals surface area contributed by atoms with E-state index in [-0.39, 0.29) is 23.1 Å². The van der Waals surface area contributed by atoms with Crippen LogP contribution in [0.1, 0.15) is 51.3 Å². The third-order valence-corrected chi connectivity index (χ3v) is 6.16. The predicted octanol–water partition coefficient (Wildman–Crippen LogP) is 3.77. The van der Waals surface area contributed by atoms with Crippen LogP contribution >= 0.6 is 0 Å². The molecular weight excluding hydrogens is 428 g/mol. The first-order chi connectivity index (χ1) is 16.3. The molecule has 1 aliphatic rings. The van der Waals surface area contributed by atoms with E-state index in [1.54, 1.807) is 23.1 Å². The van der Waals surface area contributed by atoms with Crippen molar-refractivity contribution in [2.45, 2.75) is 51.9 Å². The number of piperidine rings is 1. The van der Waals surface area contributed by atoms with Crippen LogP contribution in [-0.4, -0.2) is 49.6 Å². The third kappa shape index (κ3) is 5.68. The molecule has 0 atom stereocenters. The van der Waals surface area contributed by atoms with E-state index in [1.807, 2.05) is 41.3 Å². The number of anilines is 1. The van der Waals surface area contributed by atoms with Crippen LogP contribution in [-0.2, 0) is 21.4 Å². The van der Waals surface area contributed by atoms with Gasteiger partial charge in [0.25, 0.3) is 5.95 Å². The molecule has 178 valence electrons. The summed E-state index contributed by atoms with van der Waals surface area (Å²) in [5, 5.41) is 7.69. The van der Waals surface area contributed by atoms with Gasteiger partial charge in [-0.25, -0.2) is 9.97 Å². The Morgan fingerprint density at radius 3 is 2.35 bits per heavy atom. The van der Waals surface area contributed by atoms with Gasteiger partial charge in [-0.15, -0.1) is 0 Å². The highest BCUT2D eigenvalue weighted by Crippen LogP contribution is 2.27. The van der Waals surface area contributed by atoms with E-state index in [0.717, 1.165) is 12.1 Å². The quantitative estimate of drug-likeness (QED) is 0.604. The van der Waals surface area contributed by atoms with Crippen LogP contribution < -0.4 is 5.32 Å². The van der Waals surface area contributed by atoms with Gasteiger partial charge in [-0.2, -0.15) is 9.78 Å². The molecule has 0 aliphatic carbocycles. The zero-order chi connectivity index (χ0) is 24.1. The first-order valence-electron chi connectivity index (χ1n) is 11.8. The minimum absolute atomic E-state index is 0.0612. The van der Waals surface area contributed by atoms with Crippen LogP contribution in [0, 0.1) is 5.92 Å². The number of carbonyl (C=O) groups excluding carboxylic acids is 2. The Labute approximate surface area is 200 Å². The minimum Gasteiger partial charge on any atom is -0.343 e. The normalized spacial score (nSPS) is 14.7. The number of rotatable bonds is 6. The molecule has 0 saturated carbocycles. The second-order valence-corrected chi connectivity index (χ2v) is 9.76. The summed E-state index contributed by atoms with van der Waals surface area (Å²) in [7, 11) is 0. The molecule has 8 heteroatoms. The van der Waals surface area contributed by atoms with Crippen LogP contribution in [0.4, 0.5) is 5.82 Å². The van der Waals surface area contributed by atoms with Crippen molar-refractivity contribution in [1.82, 2.24) is 24.6 Å². The van der Waals surface area contributed by atoms with E-state index in [0.29, 0.717) is 44.1 Å². The number of aryl methyl sites for hydroxylation is 1. The van der Waals surface area contributed by atoms with Crippen molar-refractivity contribution in [2.75, 3.05) is 18.4 Å². The molecule has 2 aromatic heterocycles. The van der Waals surface area contributed by atoms with Crippen molar-refractivity contribution in [2.24, 2.45) is 5.92 Å². The van der Waals surface area contributed by atoms with Gasteiger partial charge in [0.05, 0.1) is 5.69 Å². The van der Waals surface area contributed by atoms with Crippen molar-refractivity contribution < 1.29 is 9.59 Å². The maximum Gasteiger partial charge on any atom is 0.252 e. The fourth-order valence-electron chi connectivity index (χ4n) is 4.06. The van der Waals surface area contributed by atoms with Gasteiger partial charge in [0.2, 0.25) is 11.8 Å². The molecule has 0 bridgehead atoms. The molecule has 0 radical (unpaired) electrons. The highest BCUT2D eigenvalue weighted by Gasteiger charge is 2.29. The summed E-state index contributed by atoms with van der Waals surface area (Å²) < 4.78 is 1.58. The topological polar surface area (TPSA) is 93.0 Å². The summed E-state index contributed by atoms with van der Waals surface area (Å²) in [5.74, 6) is 0.900. The summed E-state index contributed by atoms with van der Waals surface area (Å²) in [6.45, 7) is 7.41. The van der Waals surface area contributed by atoms with E-state index in [2.05, 4.69) is 41.2 Å². The molecule has 1 aliphatic heterocycles. The average Bonchev–Trinajstić information content (AvgIpc) is 3.28. The zero-order valence-electron chi connectivity index (χ0n) is 20.1. The molecule has 3 aromatic rings. The van der Waals surface area contributed by atoms with E-state index < -0.39 is 0 Å². The van der Waals surface area contributed by atoms with Gasteiger partial charge < -0.3 is 10.2 Å². The lowest BCUT2D eigenvalue weighted by Gasteiger charge is -2.31. The highest BCUT2D eigenvalue weighted by molar-refractivity contribution is 5.92. The largest absolute Gasteiger partial charge is 0.343 e. The van der Waals surface area contributed by atoms with Crippen LogP contribution in [0.3, 0.4) is 0 Å². The summed E-state index contributed by atoms with van der Waals surface area (Å²) >= 11 is 0. The fourth-order valence-corrected chi connectivity index (χ4v) is 4.06. The molecule has 34 heavy (non-hydrogen) atoms. The van der Waals surface area contributed by atoms with E-state index in [9.17, 15) is 9.59 Å². The van der Waals surface area contributed by atoms with Crippen LogP contribution in [0.15, 0.2) is 54.9 Å². The number of nitrogens with one attached hydrogen (secondary N) is 1. The van der Waals surface area contributed by atoms with Gasteiger partial charge in [0.15, 0.2) is 0 Å². The van der Waals surface area contributed by atoms with Crippen LogP contribution in [0.5, 0.6) is 0 Å². The maximum absolute atomic E-state index is 13.1. The number of benzene rings is 1. The monoisotopic (exact) mass is 460 g/mol. The molecule has 8 nitrogen and oxygen atoms in total. The third-order valence-electron chi connectivity index (χ3n) is 6.16. The van der Waals surface area contributed by atoms with E-state index >= 15 is 0 Å². The molecule has 1 saturated heterocycles. The van der Waals surface area contributed by atoms with Gasteiger partial charge in [-0.05, 0) is 30.9 Å². The lowest BCUT2D eigenvalue weighted by Crippen LogP contribution is -2.41. The number of likely N-dealkylation sites (tertiary alicyclic amines) is 1. The molecule has 1 N–H and O–H groups in total. The van der Waals surface area contributed by atoms with Gasteiger partial charge in [-0.3, -0.25) is 9.59 Å². The van der Waals surface area contributed by atoms with Gasteiger partial charge in [0.1, 0.15) is 5.82 Å². The maximum atomic E-state index is 13.1. The number of hydrogen-bond acceptors (Lipinski definition) is 5. The van der Waals surface area contributed by atoms with Crippen molar-refractivity contribution in [3.63, 3.8) is 0 Å². The second-order valence-electron chi connectivity index (χ2n) is 9.76. The summed E-state index contributed by atoms with van der Waals surface area (Å²) in [6, 6.07) is 13.7. The highest BCUT2D eigenvalue weighted by atomic mass is 16.2. The zero-order valence-corrected chi connectivity index (χ0v) is 20.1. The second kappa shape index (κ2) is 10.2. The molecular formula is C26H32N6O2. The lowest BCUT2D eigenvalue weighted by atomic mass is 9.92. The Kier molecular flexibility index (Phi) is 7.05. The average molecular weight is 461 g/mol. The van der Waals surface area contributed by atoms with Crippen molar-refractivity contribution in [3.05, 3.63) is 66.1 Å². The van der Waals surface area contributed by atoms with Crippen molar-refractivity contribution in [3.8, 4) is 5.95 Å². The first kappa shape index (κ1) is 23.6. The first-order valence-corrected chi connectivity index (χ1v) is 11.8. The molecule has 0 spiro atoms. The molecule has 1 fully saturated rings. The smallest absolute Gasteiger partial charge is 0.252 e. The Morgan fingerprint density at radius 1 is 1.03 bits per heavy atom. The summed E-state index contributed by atoms with van der Waals surface area (Å²) in [4.78, 5) is 36.2. The van der Waals surface area contributed by atoms with Gasteiger partial charge in [-0.1, -0.05) is 51.1 Å². The van der Waals surface area contributed by atoms with Gasteiger partial charge in [0, 0.05) is 49.3 Å². The Hall–Kier alpha value is -3.55. The van der Waals surface area contributed by atoms with Crippen molar-refractivity contribution >= 4 is 17.6 Å². The van der Waals surface area contributed by atoms with E-state index in [4.69, 9.17) is 0 Å². The molecule has 0 unspecified atom stereocenters. The fraction of sp³-hybridized carbons (Fsp3) is 0.423. The number of aromatic nitrogens is 4. The summed E-state index contributed by atoms with van der Waals surface area (Å²) in [5.41, 5.74) is 1.82. The number of carbonyl (C=O) groups is 2. The standard InChI is InChI=1S/C26H32N6O2/c1-26(2,3)21-18-22(32(30-21)25-27-14-7-15-28-25)29-24(34)20-12-16-31(17-13-20)23(33)11-10-19-8-5-4-6-9-19/h4-9,14-15,18,20H,10-13,16-17H2,1-3H3,(H,29,34). The number of hydrogen-bond donors (Lipinski definition) is 1. The lowest BCUT2D eigenvalue weighted by molar-refractivity contribution is -0.134. The SMILES string of the molecule is CC(C)(C)c1cc(NC(=O)C2CCN(C(=O)CCc3ccccc3)CC2)n(-c2ncccn2)n1. The van der Waals surface area contributed by atoms with E-state index in [1.165, 1.54) is 5.56 Å². The minimum atomic E-state index is -0.190. The molecule has 4 rings (SSSR count). The predicted molar refractivity (Wildman–Crippen MR) is 131 cm³/mol. The number of amides is 2. The molecule has 2 amide bonds. The van der Waals surface area contributed by atoms with Crippen LogP contribution in [0.25, 0.3) is 5.95 Å². The molecule has 1 aromatic carbocycles. The van der Waals surface area contributed by atoms with Crippen LogP contribution in [0.2, 0.25) is 0 Å². The summed E-state index contributed by atoms with van der Waals surface area (Å²) in [6.07, 6.45) is 5.82. The van der Waals surface area contributed by atoms with Gasteiger partial charge >= 0.3 is 0 Å². The Balaban J connectivity index is 1.37. The van der Waals surface area contributed by atoms with Crippen molar-refractivity contribution in [1.29, 1.82) is 0 Å². The number of nitrogens with zero attached hydrogens (tertiary/aromatic N) is 5. The Bertz CT molecular complexity index is 1110. The Morgan fingerprint density at radius 2 is 1.71 bits per heavy atom.